The molecule has 0 spiro atoms. The van der Waals surface area contributed by atoms with Crippen LogP contribution in [0.25, 0.3) is 0 Å². The van der Waals surface area contributed by atoms with Crippen LogP contribution in [0, 0.1) is 5.41 Å². The highest BCUT2D eigenvalue weighted by Crippen LogP contribution is 2.51. The van der Waals surface area contributed by atoms with Gasteiger partial charge in [0.15, 0.2) is 17.3 Å². The molecule has 7 heteroatoms. The number of nitrogens with zero attached hydrogens (tertiary/aromatic N) is 1. The molecule has 0 radical (unpaired) electrons. The molecule has 174 valence electrons. The van der Waals surface area contributed by atoms with Gasteiger partial charge in [0.2, 0.25) is 5.91 Å². The number of hydrogen-bond donors (Lipinski definition) is 0. The predicted octanol–water partition coefficient (Wildman–Crippen LogP) is 5.53. The number of benzene rings is 2. The summed E-state index contributed by atoms with van der Waals surface area (Å²) in [6.07, 6.45) is 1.16. The fourth-order valence-corrected chi connectivity index (χ4v) is 5.02. The molecule has 0 saturated carbocycles. The van der Waals surface area contributed by atoms with E-state index in [4.69, 9.17) is 25.8 Å². The molecule has 1 amide bonds. The Bertz CT molecular complexity index is 1140. The summed E-state index contributed by atoms with van der Waals surface area (Å²) in [5, 5.41) is 0.588. The van der Waals surface area contributed by atoms with Gasteiger partial charge in [0.25, 0.3) is 0 Å². The molecule has 0 fully saturated rings. The SMILES string of the molecule is COc1cc(OC)c(C2CC(=O)N(c3ccc(Cl)cc3)C3=C2C(=O)CC(C)(C)C3)cc1OC. The van der Waals surface area contributed by atoms with Crippen molar-refractivity contribution < 1.29 is 23.8 Å². The summed E-state index contributed by atoms with van der Waals surface area (Å²) in [5.41, 5.74) is 2.59. The van der Waals surface area contributed by atoms with Gasteiger partial charge in [-0.15, -0.1) is 0 Å². The van der Waals surface area contributed by atoms with Gasteiger partial charge in [-0.05, 0) is 42.2 Å². The van der Waals surface area contributed by atoms with Gasteiger partial charge in [-0.1, -0.05) is 25.4 Å². The molecular weight excluding hydrogens is 442 g/mol. The summed E-state index contributed by atoms with van der Waals surface area (Å²) in [6.45, 7) is 4.11. The molecule has 6 nitrogen and oxygen atoms in total. The van der Waals surface area contributed by atoms with Crippen molar-refractivity contribution in [2.45, 2.75) is 39.0 Å². The van der Waals surface area contributed by atoms with Crippen molar-refractivity contribution in [1.82, 2.24) is 0 Å². The number of rotatable bonds is 5. The van der Waals surface area contributed by atoms with Crippen LogP contribution in [0.2, 0.25) is 5.02 Å². The topological polar surface area (TPSA) is 65.1 Å². The van der Waals surface area contributed by atoms with Crippen LogP contribution >= 0.6 is 11.6 Å². The van der Waals surface area contributed by atoms with Gasteiger partial charge in [0, 0.05) is 52.4 Å². The summed E-state index contributed by atoms with van der Waals surface area (Å²) in [5.74, 6) is 1.13. The van der Waals surface area contributed by atoms with Crippen molar-refractivity contribution >= 4 is 29.0 Å². The van der Waals surface area contributed by atoms with Crippen LogP contribution in [-0.2, 0) is 9.59 Å². The molecule has 2 aliphatic rings. The zero-order valence-electron chi connectivity index (χ0n) is 19.5. The largest absolute Gasteiger partial charge is 0.496 e. The second kappa shape index (κ2) is 8.75. The molecule has 0 aromatic heterocycles. The molecule has 2 aromatic carbocycles. The van der Waals surface area contributed by atoms with Crippen molar-refractivity contribution in [1.29, 1.82) is 0 Å². The highest BCUT2D eigenvalue weighted by Gasteiger charge is 2.45. The van der Waals surface area contributed by atoms with Crippen LogP contribution in [0.1, 0.15) is 44.6 Å². The number of Topliss-reactive ketones (excluding diaryl/α,β-unsaturated/α-hetero) is 1. The standard InChI is InChI=1S/C26H28ClNO5/c1-26(2)13-19-25(20(29)14-26)18(11-24(30)28(19)16-8-6-15(27)7-9-16)17-10-22(32-4)23(33-5)12-21(17)31-3/h6-10,12,18H,11,13-14H2,1-5H3. The summed E-state index contributed by atoms with van der Waals surface area (Å²) in [4.78, 5) is 28.8. The number of methoxy groups -OCH3 is 3. The lowest BCUT2D eigenvalue weighted by atomic mass is 9.69. The quantitative estimate of drug-likeness (QED) is 0.576. The molecule has 1 aliphatic heterocycles. The highest BCUT2D eigenvalue weighted by atomic mass is 35.5. The van der Waals surface area contributed by atoms with E-state index in [9.17, 15) is 9.59 Å². The van der Waals surface area contributed by atoms with Gasteiger partial charge in [0.05, 0.1) is 21.3 Å². The van der Waals surface area contributed by atoms with E-state index in [1.165, 1.54) is 0 Å². The van der Waals surface area contributed by atoms with E-state index in [-0.39, 0.29) is 23.5 Å². The average molecular weight is 470 g/mol. The predicted molar refractivity (Wildman–Crippen MR) is 127 cm³/mol. The summed E-state index contributed by atoms with van der Waals surface area (Å²) >= 11 is 6.08. The smallest absolute Gasteiger partial charge is 0.232 e. The van der Waals surface area contributed by atoms with E-state index < -0.39 is 5.92 Å². The molecule has 1 unspecified atom stereocenters. The Morgan fingerprint density at radius 3 is 2.12 bits per heavy atom. The van der Waals surface area contributed by atoms with Crippen molar-refractivity contribution in [2.24, 2.45) is 5.41 Å². The minimum Gasteiger partial charge on any atom is -0.496 e. The summed E-state index contributed by atoms with van der Waals surface area (Å²) in [7, 11) is 4.68. The Morgan fingerprint density at radius 1 is 0.909 bits per heavy atom. The van der Waals surface area contributed by atoms with E-state index >= 15 is 0 Å². The number of ketones is 1. The third-order valence-electron chi connectivity index (χ3n) is 6.34. The first-order chi connectivity index (χ1) is 15.7. The minimum atomic E-state index is -0.436. The fourth-order valence-electron chi connectivity index (χ4n) is 4.90. The van der Waals surface area contributed by atoms with Gasteiger partial charge in [-0.3, -0.25) is 14.5 Å². The monoisotopic (exact) mass is 469 g/mol. The van der Waals surface area contributed by atoms with Crippen LogP contribution < -0.4 is 19.1 Å². The fraction of sp³-hybridized carbons (Fsp3) is 0.385. The molecular formula is C26H28ClNO5. The molecule has 0 N–H and O–H groups in total. The van der Waals surface area contributed by atoms with E-state index in [2.05, 4.69) is 13.8 Å². The summed E-state index contributed by atoms with van der Waals surface area (Å²) < 4.78 is 16.6. The van der Waals surface area contributed by atoms with Gasteiger partial charge in [0.1, 0.15) is 5.75 Å². The van der Waals surface area contributed by atoms with Crippen LogP contribution in [0.3, 0.4) is 0 Å². The Labute approximate surface area is 199 Å². The minimum absolute atomic E-state index is 0.0505. The maximum Gasteiger partial charge on any atom is 0.232 e. The molecule has 1 aliphatic carbocycles. The lowest BCUT2D eigenvalue weighted by Gasteiger charge is -2.43. The van der Waals surface area contributed by atoms with Crippen molar-refractivity contribution in [2.75, 3.05) is 26.2 Å². The summed E-state index contributed by atoms with van der Waals surface area (Å²) in [6, 6.07) is 10.7. The lowest BCUT2D eigenvalue weighted by molar-refractivity contribution is -0.121. The molecule has 33 heavy (non-hydrogen) atoms. The third-order valence-corrected chi connectivity index (χ3v) is 6.59. The van der Waals surface area contributed by atoms with Crippen molar-refractivity contribution in [3.63, 3.8) is 0 Å². The Balaban J connectivity index is 1.93. The van der Waals surface area contributed by atoms with E-state index in [1.54, 1.807) is 44.4 Å². The molecule has 0 bridgehead atoms. The van der Waals surface area contributed by atoms with Crippen LogP contribution in [0.5, 0.6) is 17.2 Å². The maximum atomic E-state index is 13.6. The Kier molecular flexibility index (Phi) is 6.14. The number of allylic oxidation sites excluding steroid dienone is 2. The molecule has 1 atom stereocenters. The number of halogens is 1. The zero-order chi connectivity index (χ0) is 23.9. The lowest BCUT2D eigenvalue weighted by Crippen LogP contribution is -2.43. The Morgan fingerprint density at radius 2 is 1.52 bits per heavy atom. The number of amides is 1. The number of carbonyl (C=O) groups is 2. The van der Waals surface area contributed by atoms with Crippen LogP contribution in [0.15, 0.2) is 47.7 Å². The second-order valence-corrected chi connectivity index (χ2v) is 9.65. The van der Waals surface area contributed by atoms with Gasteiger partial charge < -0.3 is 14.2 Å². The molecule has 0 saturated heterocycles. The van der Waals surface area contributed by atoms with Crippen molar-refractivity contribution in [3.05, 3.63) is 58.3 Å². The highest BCUT2D eigenvalue weighted by molar-refractivity contribution is 6.30. The van der Waals surface area contributed by atoms with Gasteiger partial charge >= 0.3 is 0 Å². The number of anilines is 1. The first-order valence-electron chi connectivity index (χ1n) is 10.8. The second-order valence-electron chi connectivity index (χ2n) is 9.21. The molecule has 1 heterocycles. The number of carbonyl (C=O) groups excluding carboxylic acids is 2. The maximum absolute atomic E-state index is 13.6. The Hall–Kier alpha value is -2.99. The van der Waals surface area contributed by atoms with Crippen LogP contribution in [0.4, 0.5) is 5.69 Å². The van der Waals surface area contributed by atoms with E-state index in [1.807, 2.05) is 18.2 Å². The molecule has 2 aromatic rings. The number of hydrogen-bond acceptors (Lipinski definition) is 5. The van der Waals surface area contributed by atoms with Gasteiger partial charge in [-0.25, -0.2) is 0 Å². The normalized spacial score (nSPS) is 19.9. The van der Waals surface area contributed by atoms with Gasteiger partial charge in [-0.2, -0.15) is 0 Å². The average Bonchev–Trinajstić information content (AvgIpc) is 2.77. The van der Waals surface area contributed by atoms with E-state index in [0.717, 1.165) is 11.3 Å². The van der Waals surface area contributed by atoms with Crippen molar-refractivity contribution in [3.8, 4) is 17.2 Å². The van der Waals surface area contributed by atoms with Crippen LogP contribution in [-0.4, -0.2) is 33.0 Å². The zero-order valence-corrected chi connectivity index (χ0v) is 20.3. The first-order valence-corrected chi connectivity index (χ1v) is 11.2. The number of ether oxygens (including phenoxy) is 3. The third kappa shape index (κ3) is 4.20. The molecule has 4 rings (SSSR count). The first kappa shape index (κ1) is 23.2. The van der Waals surface area contributed by atoms with E-state index in [0.29, 0.717) is 46.4 Å².